The van der Waals surface area contributed by atoms with Gasteiger partial charge in [-0.3, -0.25) is 4.79 Å². The lowest BCUT2D eigenvalue weighted by atomic mass is 9.85. The quantitative estimate of drug-likeness (QED) is 0.882. The molecule has 1 aliphatic rings. The molecule has 2 aromatic carbocycles. The Morgan fingerprint density at radius 1 is 1.09 bits per heavy atom. The monoisotopic (exact) mass is 310 g/mol. The minimum absolute atomic E-state index is 0.0399. The zero-order chi connectivity index (χ0) is 16.2. The summed E-state index contributed by atoms with van der Waals surface area (Å²) in [5.74, 6) is 0.692. The average molecular weight is 310 g/mol. The molecule has 1 aliphatic carbocycles. The molecule has 0 spiro atoms. The Bertz CT molecular complexity index is 682. The van der Waals surface area contributed by atoms with Crippen LogP contribution in [0.4, 0.5) is 5.69 Å². The molecular weight excluding hydrogens is 284 g/mol. The van der Waals surface area contributed by atoms with Crippen LogP contribution in [0.25, 0.3) is 10.8 Å². The van der Waals surface area contributed by atoms with Gasteiger partial charge in [0.25, 0.3) is 0 Å². The van der Waals surface area contributed by atoms with Gasteiger partial charge in [-0.1, -0.05) is 50.1 Å². The van der Waals surface area contributed by atoms with Gasteiger partial charge in [0.1, 0.15) is 0 Å². The molecule has 0 aliphatic heterocycles. The second kappa shape index (κ2) is 7.14. The number of fused-ring (bicyclic) bond motifs is 1. The van der Waals surface area contributed by atoms with Crippen molar-refractivity contribution in [1.29, 1.82) is 0 Å². The van der Waals surface area contributed by atoms with Crippen molar-refractivity contribution in [3.63, 3.8) is 0 Å². The first-order valence-corrected chi connectivity index (χ1v) is 8.69. The summed E-state index contributed by atoms with van der Waals surface area (Å²) in [5, 5.41) is 8.88. The third-order valence-electron chi connectivity index (χ3n) is 4.99. The lowest BCUT2D eigenvalue weighted by Gasteiger charge is -2.31. The van der Waals surface area contributed by atoms with Crippen LogP contribution < -0.4 is 10.6 Å². The molecule has 3 nitrogen and oxygen atoms in total. The number of hydrogen-bond acceptors (Lipinski definition) is 2. The van der Waals surface area contributed by atoms with Crippen LogP contribution in [-0.2, 0) is 4.79 Å². The van der Waals surface area contributed by atoms with Crippen LogP contribution >= 0.6 is 0 Å². The maximum atomic E-state index is 12.5. The van der Waals surface area contributed by atoms with Crippen molar-refractivity contribution in [2.75, 3.05) is 5.32 Å². The number of benzene rings is 2. The molecule has 2 N–H and O–H groups in total. The second-order valence-electron chi connectivity index (χ2n) is 6.81. The third kappa shape index (κ3) is 3.91. The van der Waals surface area contributed by atoms with Gasteiger partial charge in [-0.05, 0) is 48.6 Å². The van der Waals surface area contributed by atoms with Gasteiger partial charge in [0.15, 0.2) is 0 Å². The summed E-state index contributed by atoms with van der Waals surface area (Å²) in [6.07, 6.45) is 5.02. The van der Waals surface area contributed by atoms with Gasteiger partial charge < -0.3 is 10.6 Å². The minimum atomic E-state index is -0.174. The highest BCUT2D eigenvalue weighted by molar-refractivity contribution is 5.97. The Morgan fingerprint density at radius 2 is 1.83 bits per heavy atom. The van der Waals surface area contributed by atoms with Crippen LogP contribution in [0.5, 0.6) is 0 Å². The van der Waals surface area contributed by atoms with E-state index in [2.05, 4.69) is 29.7 Å². The number of anilines is 1. The predicted octanol–water partition coefficient (Wildman–Crippen LogP) is 4.34. The topological polar surface area (TPSA) is 41.1 Å². The molecule has 0 radical (unpaired) electrons. The van der Waals surface area contributed by atoms with E-state index in [1.54, 1.807) is 0 Å². The average Bonchev–Trinajstić information content (AvgIpc) is 2.56. The summed E-state index contributed by atoms with van der Waals surface area (Å²) in [6.45, 7) is 4.24. The Balaban J connectivity index is 1.62. The Hall–Kier alpha value is -1.87. The van der Waals surface area contributed by atoms with Crippen LogP contribution in [0.2, 0.25) is 0 Å². The van der Waals surface area contributed by atoms with Crippen molar-refractivity contribution < 1.29 is 4.79 Å². The van der Waals surface area contributed by atoms with E-state index in [1.807, 2.05) is 37.3 Å². The molecule has 2 aromatic rings. The predicted molar refractivity (Wildman–Crippen MR) is 96.6 cm³/mol. The van der Waals surface area contributed by atoms with Crippen molar-refractivity contribution in [3.05, 3.63) is 42.5 Å². The van der Waals surface area contributed by atoms with Gasteiger partial charge in [-0.2, -0.15) is 0 Å². The molecule has 1 fully saturated rings. The number of carbonyl (C=O) groups is 1. The molecule has 0 bridgehead atoms. The summed E-state index contributed by atoms with van der Waals surface area (Å²) in [6, 6.07) is 14.5. The minimum Gasteiger partial charge on any atom is -0.325 e. The van der Waals surface area contributed by atoms with Crippen LogP contribution in [0.3, 0.4) is 0 Å². The fourth-order valence-electron chi connectivity index (χ4n) is 3.48. The van der Waals surface area contributed by atoms with E-state index in [4.69, 9.17) is 0 Å². The van der Waals surface area contributed by atoms with Crippen LogP contribution in [0, 0.1) is 5.92 Å². The summed E-state index contributed by atoms with van der Waals surface area (Å²) in [7, 11) is 0. The summed E-state index contributed by atoms with van der Waals surface area (Å²) >= 11 is 0. The highest BCUT2D eigenvalue weighted by atomic mass is 16.2. The fraction of sp³-hybridized carbons (Fsp3) is 0.450. The highest BCUT2D eigenvalue weighted by Crippen LogP contribution is 2.24. The van der Waals surface area contributed by atoms with Gasteiger partial charge in [0, 0.05) is 11.7 Å². The van der Waals surface area contributed by atoms with Crippen LogP contribution in [-0.4, -0.2) is 18.0 Å². The smallest absolute Gasteiger partial charge is 0.241 e. The molecule has 3 rings (SSSR count). The van der Waals surface area contributed by atoms with E-state index >= 15 is 0 Å². The van der Waals surface area contributed by atoms with Gasteiger partial charge >= 0.3 is 0 Å². The molecule has 1 amide bonds. The molecule has 1 saturated carbocycles. The van der Waals surface area contributed by atoms with Crippen molar-refractivity contribution in [2.45, 2.75) is 51.6 Å². The zero-order valence-electron chi connectivity index (χ0n) is 14.0. The zero-order valence-corrected chi connectivity index (χ0v) is 14.0. The van der Waals surface area contributed by atoms with Crippen molar-refractivity contribution in [3.8, 4) is 0 Å². The first kappa shape index (κ1) is 16.0. The number of carbonyl (C=O) groups excluding carboxylic acids is 1. The molecule has 3 heteroatoms. The van der Waals surface area contributed by atoms with Gasteiger partial charge in [0.2, 0.25) is 5.91 Å². The van der Waals surface area contributed by atoms with Crippen LogP contribution in [0.15, 0.2) is 42.5 Å². The molecule has 0 unspecified atom stereocenters. The molecule has 23 heavy (non-hydrogen) atoms. The molecule has 3 atom stereocenters. The van der Waals surface area contributed by atoms with E-state index in [-0.39, 0.29) is 11.9 Å². The summed E-state index contributed by atoms with van der Waals surface area (Å²) < 4.78 is 0. The number of nitrogens with one attached hydrogen (secondary N) is 2. The molecule has 0 aromatic heterocycles. The summed E-state index contributed by atoms with van der Waals surface area (Å²) in [5.41, 5.74) is 0.860. The van der Waals surface area contributed by atoms with E-state index in [0.29, 0.717) is 12.0 Å². The van der Waals surface area contributed by atoms with Crippen molar-refractivity contribution in [1.82, 2.24) is 5.32 Å². The van der Waals surface area contributed by atoms with E-state index < -0.39 is 0 Å². The Labute approximate surface area is 138 Å². The van der Waals surface area contributed by atoms with Crippen molar-refractivity contribution in [2.24, 2.45) is 5.92 Å². The van der Waals surface area contributed by atoms with E-state index in [0.717, 1.165) is 11.1 Å². The van der Waals surface area contributed by atoms with Gasteiger partial charge in [-0.15, -0.1) is 0 Å². The van der Waals surface area contributed by atoms with Crippen LogP contribution in [0.1, 0.15) is 39.5 Å². The summed E-state index contributed by atoms with van der Waals surface area (Å²) in [4.78, 5) is 12.5. The molecule has 0 saturated heterocycles. The molecule has 0 heterocycles. The number of amides is 1. The normalized spacial score (nSPS) is 22.7. The lowest BCUT2D eigenvalue weighted by Crippen LogP contribution is -2.47. The van der Waals surface area contributed by atoms with Crippen molar-refractivity contribution >= 4 is 22.4 Å². The molecule has 122 valence electrons. The van der Waals surface area contributed by atoms with E-state index in [9.17, 15) is 4.79 Å². The van der Waals surface area contributed by atoms with Gasteiger partial charge in [0.05, 0.1) is 6.04 Å². The van der Waals surface area contributed by atoms with E-state index in [1.165, 1.54) is 31.1 Å². The Kier molecular flexibility index (Phi) is 4.97. The standard InChI is InChI=1S/C20H26N2O/c1-14-7-3-6-10-19(14)21-15(2)20(23)22-18-12-11-16-8-4-5-9-17(16)13-18/h4-5,8-9,11-15,19,21H,3,6-7,10H2,1-2H3,(H,22,23)/t14-,15-,19-/m0/s1. The first-order chi connectivity index (χ1) is 11.1. The Morgan fingerprint density at radius 3 is 2.61 bits per heavy atom. The maximum absolute atomic E-state index is 12.5. The van der Waals surface area contributed by atoms with Gasteiger partial charge in [-0.25, -0.2) is 0 Å². The first-order valence-electron chi connectivity index (χ1n) is 8.69. The SMILES string of the molecule is C[C@H](N[C@H]1CCCC[C@@H]1C)C(=O)Nc1ccc2ccccc2c1. The third-order valence-corrected chi connectivity index (χ3v) is 4.99. The second-order valence-corrected chi connectivity index (χ2v) is 6.81. The fourth-order valence-corrected chi connectivity index (χ4v) is 3.48. The number of hydrogen-bond donors (Lipinski definition) is 2. The number of rotatable bonds is 4. The highest BCUT2D eigenvalue weighted by Gasteiger charge is 2.24. The maximum Gasteiger partial charge on any atom is 0.241 e. The largest absolute Gasteiger partial charge is 0.325 e. The molecular formula is C20H26N2O. The lowest BCUT2D eigenvalue weighted by molar-refractivity contribution is -0.118.